The van der Waals surface area contributed by atoms with E-state index in [1.54, 1.807) is 6.92 Å². The Morgan fingerprint density at radius 3 is 2.00 bits per heavy atom. The monoisotopic (exact) mass is 192 g/mol. The molecule has 76 valence electrons. The number of carboxylic acid groups (broad SMARTS) is 1. The predicted octanol–water partition coefficient (Wildman–Crippen LogP) is 2.80. The number of carbonyl (C=O) groups is 1. The SMILES string of the molecule is Cc1cc(C)c([C@H](C)C(=O)O)c(C)c1. The van der Waals surface area contributed by atoms with E-state index in [-0.39, 0.29) is 0 Å². The molecular weight excluding hydrogens is 176 g/mol. The number of carboxylic acids is 1. The Hall–Kier alpha value is -1.31. The van der Waals surface area contributed by atoms with Crippen molar-refractivity contribution < 1.29 is 9.90 Å². The van der Waals surface area contributed by atoms with Crippen LogP contribution >= 0.6 is 0 Å². The van der Waals surface area contributed by atoms with Crippen LogP contribution in [0, 0.1) is 20.8 Å². The molecule has 0 heterocycles. The molecule has 2 heteroatoms. The molecule has 0 spiro atoms. The molecule has 2 nitrogen and oxygen atoms in total. The van der Waals surface area contributed by atoms with E-state index >= 15 is 0 Å². The van der Waals surface area contributed by atoms with Gasteiger partial charge in [-0.25, -0.2) is 0 Å². The first-order chi connectivity index (χ1) is 6.43. The van der Waals surface area contributed by atoms with Crippen molar-refractivity contribution in [1.29, 1.82) is 0 Å². The second-order valence-electron chi connectivity index (χ2n) is 3.87. The molecule has 14 heavy (non-hydrogen) atoms. The first-order valence-electron chi connectivity index (χ1n) is 4.74. The Morgan fingerprint density at radius 1 is 1.21 bits per heavy atom. The number of hydrogen-bond donors (Lipinski definition) is 1. The van der Waals surface area contributed by atoms with E-state index in [1.165, 1.54) is 5.56 Å². The largest absolute Gasteiger partial charge is 0.481 e. The van der Waals surface area contributed by atoms with Crippen LogP contribution in [0.5, 0.6) is 0 Å². The highest BCUT2D eigenvalue weighted by molar-refractivity contribution is 5.76. The van der Waals surface area contributed by atoms with Gasteiger partial charge in [-0.1, -0.05) is 17.7 Å². The maximum Gasteiger partial charge on any atom is 0.310 e. The summed E-state index contributed by atoms with van der Waals surface area (Å²) in [4.78, 5) is 10.9. The summed E-state index contributed by atoms with van der Waals surface area (Å²) in [6.45, 7) is 7.69. The van der Waals surface area contributed by atoms with Crippen LogP contribution in [0.25, 0.3) is 0 Å². The first-order valence-corrected chi connectivity index (χ1v) is 4.74. The highest BCUT2D eigenvalue weighted by Crippen LogP contribution is 2.24. The summed E-state index contributed by atoms with van der Waals surface area (Å²) in [5, 5.41) is 8.95. The molecule has 0 amide bonds. The molecule has 1 rings (SSSR count). The normalized spacial score (nSPS) is 12.6. The lowest BCUT2D eigenvalue weighted by molar-refractivity contribution is -0.138. The van der Waals surface area contributed by atoms with Gasteiger partial charge in [0.25, 0.3) is 0 Å². The first kappa shape index (κ1) is 10.8. The maximum atomic E-state index is 10.9. The Bertz CT molecular complexity index is 344. The molecule has 0 bridgehead atoms. The van der Waals surface area contributed by atoms with Crippen LogP contribution in [0.1, 0.15) is 35.1 Å². The zero-order valence-electron chi connectivity index (χ0n) is 9.09. The molecule has 0 aromatic heterocycles. The highest BCUT2D eigenvalue weighted by atomic mass is 16.4. The molecule has 1 atom stereocenters. The van der Waals surface area contributed by atoms with Crippen molar-refractivity contribution in [2.45, 2.75) is 33.6 Å². The standard InChI is InChI=1S/C12H16O2/c1-7-5-8(2)11(9(3)6-7)10(4)12(13)14/h5-6,10H,1-4H3,(H,13,14)/t10-/m0/s1. The molecule has 0 aliphatic heterocycles. The van der Waals surface area contributed by atoms with E-state index in [0.717, 1.165) is 16.7 Å². The number of rotatable bonds is 2. The van der Waals surface area contributed by atoms with Gasteiger partial charge in [0.05, 0.1) is 5.92 Å². The molecule has 0 aliphatic carbocycles. The molecule has 0 radical (unpaired) electrons. The van der Waals surface area contributed by atoms with Gasteiger partial charge in [-0.2, -0.15) is 0 Å². The fraction of sp³-hybridized carbons (Fsp3) is 0.417. The number of aryl methyl sites for hydroxylation is 3. The molecule has 0 unspecified atom stereocenters. The van der Waals surface area contributed by atoms with Crippen LogP contribution in [-0.4, -0.2) is 11.1 Å². The predicted molar refractivity (Wildman–Crippen MR) is 56.7 cm³/mol. The second kappa shape index (κ2) is 3.82. The minimum Gasteiger partial charge on any atom is -0.481 e. The van der Waals surface area contributed by atoms with Crippen molar-refractivity contribution in [2.75, 3.05) is 0 Å². The second-order valence-corrected chi connectivity index (χ2v) is 3.87. The van der Waals surface area contributed by atoms with Gasteiger partial charge in [-0.3, -0.25) is 4.79 Å². The molecule has 0 fully saturated rings. The molecule has 0 aliphatic rings. The summed E-state index contributed by atoms with van der Waals surface area (Å²) in [6.07, 6.45) is 0. The fourth-order valence-corrected chi connectivity index (χ4v) is 2.00. The lowest BCUT2D eigenvalue weighted by atomic mass is 9.91. The molecule has 1 aromatic rings. The smallest absolute Gasteiger partial charge is 0.310 e. The average molecular weight is 192 g/mol. The van der Waals surface area contributed by atoms with Crippen LogP contribution in [0.4, 0.5) is 0 Å². The highest BCUT2D eigenvalue weighted by Gasteiger charge is 2.17. The third kappa shape index (κ3) is 1.95. The Kier molecular flexibility index (Phi) is 2.94. The minimum absolute atomic E-state index is 0.421. The number of aliphatic carboxylic acids is 1. The molecule has 1 aromatic carbocycles. The van der Waals surface area contributed by atoms with E-state index in [1.807, 2.05) is 32.9 Å². The molecule has 0 saturated heterocycles. The number of benzene rings is 1. The van der Waals surface area contributed by atoms with Crippen LogP contribution in [0.3, 0.4) is 0 Å². The third-order valence-corrected chi connectivity index (χ3v) is 2.54. The lowest BCUT2D eigenvalue weighted by Gasteiger charge is -2.14. The maximum absolute atomic E-state index is 10.9. The summed E-state index contributed by atoms with van der Waals surface area (Å²) in [7, 11) is 0. The summed E-state index contributed by atoms with van der Waals surface area (Å²) < 4.78 is 0. The summed E-state index contributed by atoms with van der Waals surface area (Å²) in [5.41, 5.74) is 4.26. The van der Waals surface area contributed by atoms with E-state index in [2.05, 4.69) is 0 Å². The van der Waals surface area contributed by atoms with Crippen molar-refractivity contribution in [3.63, 3.8) is 0 Å². The van der Waals surface area contributed by atoms with Crippen LogP contribution in [-0.2, 0) is 4.79 Å². The van der Waals surface area contributed by atoms with Gasteiger partial charge in [-0.05, 0) is 44.4 Å². The lowest BCUT2D eigenvalue weighted by Crippen LogP contribution is -2.10. The van der Waals surface area contributed by atoms with Crippen molar-refractivity contribution in [2.24, 2.45) is 0 Å². The number of hydrogen-bond acceptors (Lipinski definition) is 1. The Morgan fingerprint density at radius 2 is 1.64 bits per heavy atom. The summed E-state index contributed by atoms with van der Waals surface area (Å²) >= 11 is 0. The van der Waals surface area contributed by atoms with Crippen molar-refractivity contribution in [3.8, 4) is 0 Å². The molecule has 0 saturated carbocycles. The van der Waals surface area contributed by atoms with Crippen LogP contribution < -0.4 is 0 Å². The van der Waals surface area contributed by atoms with Crippen LogP contribution in [0.2, 0.25) is 0 Å². The van der Waals surface area contributed by atoms with Crippen LogP contribution in [0.15, 0.2) is 12.1 Å². The average Bonchev–Trinajstić information content (AvgIpc) is 2.01. The summed E-state index contributed by atoms with van der Waals surface area (Å²) in [5.74, 6) is -1.18. The Labute approximate surface area is 84.6 Å². The Balaban J connectivity index is 3.27. The fourth-order valence-electron chi connectivity index (χ4n) is 2.00. The zero-order chi connectivity index (χ0) is 10.9. The van der Waals surface area contributed by atoms with E-state index in [0.29, 0.717) is 0 Å². The van der Waals surface area contributed by atoms with Crippen molar-refractivity contribution in [3.05, 3.63) is 34.4 Å². The topological polar surface area (TPSA) is 37.3 Å². The van der Waals surface area contributed by atoms with Gasteiger partial charge in [0.1, 0.15) is 0 Å². The van der Waals surface area contributed by atoms with E-state index in [4.69, 9.17) is 5.11 Å². The van der Waals surface area contributed by atoms with Gasteiger partial charge >= 0.3 is 5.97 Å². The quantitative estimate of drug-likeness (QED) is 0.782. The molecular formula is C12H16O2. The summed E-state index contributed by atoms with van der Waals surface area (Å²) in [6, 6.07) is 4.06. The third-order valence-electron chi connectivity index (χ3n) is 2.54. The van der Waals surface area contributed by atoms with Gasteiger partial charge in [-0.15, -0.1) is 0 Å². The van der Waals surface area contributed by atoms with Crippen molar-refractivity contribution >= 4 is 5.97 Å². The van der Waals surface area contributed by atoms with Gasteiger partial charge in [0.2, 0.25) is 0 Å². The minimum atomic E-state index is -0.764. The van der Waals surface area contributed by atoms with Crippen molar-refractivity contribution in [1.82, 2.24) is 0 Å². The van der Waals surface area contributed by atoms with Gasteiger partial charge in [0.15, 0.2) is 0 Å². The van der Waals surface area contributed by atoms with Gasteiger partial charge < -0.3 is 5.11 Å². The van der Waals surface area contributed by atoms with E-state index in [9.17, 15) is 4.79 Å². The molecule has 1 N–H and O–H groups in total. The van der Waals surface area contributed by atoms with Gasteiger partial charge in [0, 0.05) is 0 Å². The van der Waals surface area contributed by atoms with E-state index < -0.39 is 11.9 Å². The zero-order valence-corrected chi connectivity index (χ0v) is 9.09.